The first-order valence-corrected chi connectivity index (χ1v) is 7.05. The van der Waals surface area contributed by atoms with Crippen LogP contribution in [0.5, 0.6) is 0 Å². The molecular formula is C13H15BrN2O2. The summed E-state index contributed by atoms with van der Waals surface area (Å²) in [5, 5.41) is 5.10. The second kappa shape index (κ2) is 6.00. The molecule has 18 heavy (non-hydrogen) atoms. The van der Waals surface area contributed by atoms with Crippen LogP contribution in [0.1, 0.15) is 29.5 Å². The van der Waals surface area contributed by atoms with Gasteiger partial charge in [-0.2, -0.15) is 5.10 Å². The van der Waals surface area contributed by atoms with Crippen LogP contribution in [-0.4, -0.2) is 27.7 Å². The Morgan fingerprint density at radius 3 is 3.06 bits per heavy atom. The molecule has 1 aliphatic rings. The highest BCUT2D eigenvalue weighted by Gasteiger charge is 2.17. The molecule has 1 aromatic rings. The minimum absolute atomic E-state index is 0.362. The Kier molecular flexibility index (Phi) is 4.36. The zero-order chi connectivity index (χ0) is 13.0. The number of ether oxygens (including phenoxy) is 1. The molecule has 4 nitrogen and oxygen atoms in total. The summed E-state index contributed by atoms with van der Waals surface area (Å²) in [6, 6.07) is 1.81. The Labute approximate surface area is 114 Å². The zero-order valence-electron chi connectivity index (χ0n) is 10.2. The number of aryl methyl sites for hydroxylation is 1. The molecule has 2 rings (SSSR count). The van der Waals surface area contributed by atoms with Gasteiger partial charge in [-0.05, 0) is 25.0 Å². The molecule has 0 atom stereocenters. The van der Waals surface area contributed by atoms with E-state index in [1.807, 2.05) is 10.8 Å². The van der Waals surface area contributed by atoms with E-state index in [0.29, 0.717) is 12.3 Å². The van der Waals surface area contributed by atoms with E-state index in [-0.39, 0.29) is 5.97 Å². The predicted molar refractivity (Wildman–Crippen MR) is 73.7 cm³/mol. The number of carbonyl (C=O) groups excluding carboxylic acids is 1. The molecule has 0 N–H and O–H groups in total. The Hall–Kier alpha value is -1.36. The number of allylic oxidation sites excluding steroid dienone is 4. The van der Waals surface area contributed by atoms with E-state index in [4.69, 9.17) is 4.74 Å². The maximum atomic E-state index is 11.7. The smallest absolute Gasteiger partial charge is 0.358 e. The van der Waals surface area contributed by atoms with E-state index < -0.39 is 0 Å². The maximum absolute atomic E-state index is 11.7. The molecule has 0 aliphatic heterocycles. The molecule has 0 radical (unpaired) electrons. The monoisotopic (exact) mass is 310 g/mol. The van der Waals surface area contributed by atoms with Gasteiger partial charge in [0.1, 0.15) is 0 Å². The average molecular weight is 311 g/mol. The van der Waals surface area contributed by atoms with E-state index in [9.17, 15) is 4.79 Å². The predicted octanol–water partition coefficient (Wildman–Crippen LogP) is 2.80. The minimum Gasteiger partial charge on any atom is -0.461 e. The summed E-state index contributed by atoms with van der Waals surface area (Å²) in [5.41, 5.74) is 2.54. The van der Waals surface area contributed by atoms with Crippen LogP contribution in [0.25, 0.3) is 5.57 Å². The molecule has 1 heterocycles. The number of nitrogens with zero attached hydrogens (tertiary/aromatic N) is 2. The van der Waals surface area contributed by atoms with Crippen molar-refractivity contribution in [3.8, 4) is 0 Å². The molecule has 0 saturated heterocycles. The summed E-state index contributed by atoms with van der Waals surface area (Å²) in [6.45, 7) is 2.88. The van der Waals surface area contributed by atoms with Crippen molar-refractivity contribution in [2.24, 2.45) is 0 Å². The highest BCUT2D eigenvalue weighted by Crippen LogP contribution is 2.24. The van der Waals surface area contributed by atoms with Crippen molar-refractivity contribution in [3.05, 3.63) is 35.7 Å². The molecule has 0 unspecified atom stereocenters. The lowest BCUT2D eigenvalue weighted by Crippen LogP contribution is -2.08. The third-order valence-corrected chi connectivity index (χ3v) is 3.02. The van der Waals surface area contributed by atoms with E-state index in [0.717, 1.165) is 24.0 Å². The largest absolute Gasteiger partial charge is 0.461 e. The van der Waals surface area contributed by atoms with Crippen molar-refractivity contribution < 1.29 is 9.53 Å². The number of esters is 1. The molecule has 0 spiro atoms. The first-order chi connectivity index (χ1) is 8.76. The lowest BCUT2D eigenvalue weighted by molar-refractivity contribution is 0.0518. The van der Waals surface area contributed by atoms with Crippen LogP contribution in [0.4, 0.5) is 0 Å². The van der Waals surface area contributed by atoms with E-state index in [1.54, 1.807) is 13.0 Å². The van der Waals surface area contributed by atoms with Crippen LogP contribution in [0, 0.1) is 0 Å². The lowest BCUT2D eigenvalue weighted by Gasteiger charge is -2.05. The van der Waals surface area contributed by atoms with E-state index in [2.05, 4.69) is 33.2 Å². The van der Waals surface area contributed by atoms with Gasteiger partial charge in [-0.25, -0.2) is 4.79 Å². The van der Waals surface area contributed by atoms with Gasteiger partial charge in [-0.1, -0.05) is 34.2 Å². The Balaban J connectivity index is 2.29. The molecule has 0 saturated carbocycles. The molecule has 0 fully saturated rings. The molecule has 96 valence electrons. The highest BCUT2D eigenvalue weighted by molar-refractivity contribution is 9.09. The Morgan fingerprint density at radius 1 is 1.61 bits per heavy atom. The van der Waals surface area contributed by atoms with E-state index in [1.165, 1.54) is 5.57 Å². The molecule has 0 bridgehead atoms. The average Bonchev–Trinajstić information content (AvgIpc) is 2.97. The van der Waals surface area contributed by atoms with Gasteiger partial charge >= 0.3 is 5.97 Å². The van der Waals surface area contributed by atoms with Crippen LogP contribution in [0.15, 0.2) is 24.3 Å². The van der Waals surface area contributed by atoms with Gasteiger partial charge in [0.25, 0.3) is 0 Å². The molecule has 0 amide bonds. The summed E-state index contributed by atoms with van der Waals surface area (Å²) in [5.74, 6) is -0.362. The van der Waals surface area contributed by atoms with Gasteiger partial charge in [-0.3, -0.25) is 4.68 Å². The standard InChI is InChI=1S/C13H15BrN2O2/c1-2-18-13(17)11-9-12(10-5-3-4-6-10)16(15-11)8-7-14/h3-5,9H,2,6-8H2,1H3. The van der Waals surface area contributed by atoms with Crippen LogP contribution in [-0.2, 0) is 11.3 Å². The lowest BCUT2D eigenvalue weighted by atomic mass is 10.1. The summed E-state index contributed by atoms with van der Waals surface area (Å²) in [6.07, 6.45) is 7.04. The number of hydrogen-bond acceptors (Lipinski definition) is 3. The Bertz CT molecular complexity index is 503. The second-order valence-corrected chi connectivity index (χ2v) is 4.66. The summed E-state index contributed by atoms with van der Waals surface area (Å²) in [4.78, 5) is 11.7. The first-order valence-electron chi connectivity index (χ1n) is 5.93. The third kappa shape index (κ3) is 2.72. The molecule has 1 aliphatic carbocycles. The van der Waals surface area contributed by atoms with Crippen molar-refractivity contribution in [3.63, 3.8) is 0 Å². The number of hydrogen-bond donors (Lipinski definition) is 0. The van der Waals surface area contributed by atoms with Crippen LogP contribution < -0.4 is 0 Å². The summed E-state index contributed by atoms with van der Waals surface area (Å²) < 4.78 is 6.82. The van der Waals surface area contributed by atoms with Crippen molar-refractivity contribution in [2.45, 2.75) is 19.9 Å². The number of aromatic nitrogens is 2. The Morgan fingerprint density at radius 2 is 2.44 bits per heavy atom. The molecule has 5 heteroatoms. The van der Waals surface area contributed by atoms with Gasteiger partial charge in [-0.15, -0.1) is 0 Å². The normalized spacial score (nSPS) is 13.8. The number of alkyl halides is 1. The van der Waals surface area contributed by atoms with Crippen LogP contribution in [0.2, 0.25) is 0 Å². The van der Waals surface area contributed by atoms with Crippen molar-refractivity contribution in [1.82, 2.24) is 9.78 Å². The highest BCUT2D eigenvalue weighted by atomic mass is 79.9. The van der Waals surface area contributed by atoms with Gasteiger partial charge < -0.3 is 4.74 Å². The number of halogens is 1. The third-order valence-electron chi connectivity index (χ3n) is 2.66. The van der Waals surface area contributed by atoms with Gasteiger partial charge in [0.05, 0.1) is 18.8 Å². The molecule has 1 aromatic heterocycles. The fourth-order valence-corrected chi connectivity index (χ4v) is 2.20. The van der Waals surface area contributed by atoms with Gasteiger partial charge in [0.15, 0.2) is 5.69 Å². The second-order valence-electron chi connectivity index (χ2n) is 3.87. The SMILES string of the molecule is CCOC(=O)c1cc(C2=CC=CC2)n(CCBr)n1. The summed E-state index contributed by atoms with van der Waals surface area (Å²) in [7, 11) is 0. The fourth-order valence-electron chi connectivity index (χ4n) is 1.87. The van der Waals surface area contributed by atoms with Crippen molar-refractivity contribution in [2.75, 3.05) is 11.9 Å². The number of carbonyl (C=O) groups is 1. The zero-order valence-corrected chi connectivity index (χ0v) is 11.8. The van der Waals surface area contributed by atoms with Gasteiger partial charge in [0.2, 0.25) is 0 Å². The number of rotatable bonds is 5. The van der Waals surface area contributed by atoms with E-state index >= 15 is 0 Å². The van der Waals surface area contributed by atoms with Crippen LogP contribution >= 0.6 is 15.9 Å². The topological polar surface area (TPSA) is 44.1 Å². The van der Waals surface area contributed by atoms with Gasteiger partial charge in [0, 0.05) is 5.33 Å². The van der Waals surface area contributed by atoms with Crippen molar-refractivity contribution in [1.29, 1.82) is 0 Å². The fraction of sp³-hybridized carbons (Fsp3) is 0.385. The summed E-state index contributed by atoms with van der Waals surface area (Å²) >= 11 is 3.39. The van der Waals surface area contributed by atoms with Crippen LogP contribution in [0.3, 0.4) is 0 Å². The molecule has 0 aromatic carbocycles. The minimum atomic E-state index is -0.362. The maximum Gasteiger partial charge on any atom is 0.358 e. The first kappa shape index (κ1) is 13.1. The quantitative estimate of drug-likeness (QED) is 0.620. The molecular weight excluding hydrogens is 296 g/mol. The van der Waals surface area contributed by atoms with Crippen molar-refractivity contribution >= 4 is 27.5 Å².